The molecule has 0 aliphatic carbocycles. The summed E-state index contributed by atoms with van der Waals surface area (Å²) in [5, 5.41) is 0.0510. The van der Waals surface area contributed by atoms with Crippen LogP contribution in [0.3, 0.4) is 0 Å². The van der Waals surface area contributed by atoms with Crippen molar-refractivity contribution in [1.82, 2.24) is 4.90 Å². The van der Waals surface area contributed by atoms with Gasteiger partial charge in [-0.1, -0.05) is 43.6 Å². The number of rotatable bonds is 3. The maximum Gasteiger partial charge on any atom is 0.255 e. The highest BCUT2D eigenvalue weighted by Crippen LogP contribution is 2.29. The van der Waals surface area contributed by atoms with E-state index >= 15 is 0 Å². The fourth-order valence-corrected chi connectivity index (χ4v) is 3.40. The molecule has 1 aliphatic rings. The molecule has 0 spiro atoms. The van der Waals surface area contributed by atoms with Gasteiger partial charge < -0.3 is 9.80 Å². The molecule has 136 valence electrons. The predicted molar refractivity (Wildman–Crippen MR) is 100 cm³/mol. The van der Waals surface area contributed by atoms with Crippen LogP contribution in [0.25, 0.3) is 0 Å². The summed E-state index contributed by atoms with van der Waals surface area (Å²) >= 11 is 5.98. The molecule has 0 atom stereocenters. The Bertz CT molecular complexity index is 853. The summed E-state index contributed by atoms with van der Waals surface area (Å²) in [5.41, 5.74) is 2.19. The van der Waals surface area contributed by atoms with Gasteiger partial charge in [-0.2, -0.15) is 0 Å². The maximum absolute atomic E-state index is 13.2. The summed E-state index contributed by atoms with van der Waals surface area (Å²) in [6.45, 7) is 4.94. The first-order valence-electron chi connectivity index (χ1n) is 8.52. The van der Waals surface area contributed by atoms with Gasteiger partial charge in [-0.3, -0.25) is 9.59 Å². The van der Waals surface area contributed by atoms with E-state index in [0.717, 1.165) is 17.3 Å². The Balaban J connectivity index is 1.79. The second-order valence-electron chi connectivity index (χ2n) is 6.61. The number of benzene rings is 2. The van der Waals surface area contributed by atoms with E-state index in [4.69, 9.17) is 11.6 Å². The second kappa shape index (κ2) is 7.46. The SMILES string of the molecule is CC(C)c1ccccc1N1CCN(C(=O)c2ccc(F)cc2Cl)CC1=O. The molecule has 0 saturated carbocycles. The van der Waals surface area contributed by atoms with Crippen LogP contribution in [0.15, 0.2) is 42.5 Å². The van der Waals surface area contributed by atoms with Gasteiger partial charge in [0.05, 0.1) is 10.6 Å². The molecular formula is C20H20ClFN2O2. The molecular weight excluding hydrogens is 355 g/mol. The van der Waals surface area contributed by atoms with Crippen LogP contribution >= 0.6 is 11.6 Å². The van der Waals surface area contributed by atoms with E-state index in [1.807, 2.05) is 24.3 Å². The Labute approximate surface area is 157 Å². The van der Waals surface area contributed by atoms with E-state index < -0.39 is 5.82 Å². The topological polar surface area (TPSA) is 40.6 Å². The molecule has 1 fully saturated rings. The molecule has 6 heteroatoms. The molecule has 26 heavy (non-hydrogen) atoms. The Kier molecular flexibility index (Phi) is 5.28. The van der Waals surface area contributed by atoms with Gasteiger partial charge in [0.2, 0.25) is 5.91 Å². The van der Waals surface area contributed by atoms with Gasteiger partial charge in [-0.05, 0) is 35.7 Å². The lowest BCUT2D eigenvalue weighted by Crippen LogP contribution is -2.52. The van der Waals surface area contributed by atoms with Gasteiger partial charge in [0.1, 0.15) is 12.4 Å². The molecule has 3 rings (SSSR count). The summed E-state index contributed by atoms with van der Waals surface area (Å²) in [6, 6.07) is 11.5. The van der Waals surface area contributed by atoms with Crippen molar-refractivity contribution in [3.8, 4) is 0 Å². The van der Waals surface area contributed by atoms with Crippen LogP contribution in [0.1, 0.15) is 35.7 Å². The Morgan fingerprint density at radius 1 is 1.15 bits per heavy atom. The van der Waals surface area contributed by atoms with Crippen molar-refractivity contribution >= 4 is 29.1 Å². The highest BCUT2D eigenvalue weighted by molar-refractivity contribution is 6.33. The molecule has 0 N–H and O–H groups in total. The van der Waals surface area contributed by atoms with Gasteiger partial charge in [0.15, 0.2) is 0 Å². The van der Waals surface area contributed by atoms with E-state index in [9.17, 15) is 14.0 Å². The molecule has 2 amide bonds. The first kappa shape index (κ1) is 18.4. The third-order valence-electron chi connectivity index (χ3n) is 4.52. The number of piperazine rings is 1. The van der Waals surface area contributed by atoms with E-state index in [2.05, 4.69) is 13.8 Å². The highest BCUT2D eigenvalue weighted by atomic mass is 35.5. The molecule has 0 aromatic heterocycles. The minimum absolute atomic E-state index is 0.0288. The number of halogens is 2. The monoisotopic (exact) mass is 374 g/mol. The van der Waals surface area contributed by atoms with Crippen LogP contribution in [0.2, 0.25) is 5.02 Å². The van der Waals surface area contributed by atoms with Crippen molar-refractivity contribution < 1.29 is 14.0 Å². The Morgan fingerprint density at radius 2 is 1.88 bits per heavy atom. The van der Waals surface area contributed by atoms with Gasteiger partial charge in [0, 0.05) is 18.8 Å². The van der Waals surface area contributed by atoms with Crippen LogP contribution < -0.4 is 4.90 Å². The van der Waals surface area contributed by atoms with Gasteiger partial charge >= 0.3 is 0 Å². The predicted octanol–water partition coefficient (Wildman–Crippen LogP) is 4.09. The zero-order valence-electron chi connectivity index (χ0n) is 14.7. The number of hydrogen-bond acceptors (Lipinski definition) is 2. The van der Waals surface area contributed by atoms with Gasteiger partial charge in [-0.15, -0.1) is 0 Å². The van der Waals surface area contributed by atoms with Crippen molar-refractivity contribution in [2.24, 2.45) is 0 Å². The van der Waals surface area contributed by atoms with Gasteiger partial charge in [-0.25, -0.2) is 4.39 Å². The van der Waals surface area contributed by atoms with E-state index in [1.54, 1.807) is 4.90 Å². The van der Waals surface area contributed by atoms with E-state index in [1.165, 1.54) is 17.0 Å². The molecule has 1 heterocycles. The number of para-hydroxylation sites is 1. The summed E-state index contributed by atoms with van der Waals surface area (Å²) in [6.07, 6.45) is 0. The van der Waals surface area contributed by atoms with Crippen LogP contribution in [-0.2, 0) is 4.79 Å². The summed E-state index contributed by atoms with van der Waals surface area (Å²) in [5.74, 6) is -0.717. The number of carbonyl (C=O) groups excluding carboxylic acids is 2. The van der Waals surface area contributed by atoms with Crippen molar-refractivity contribution in [3.63, 3.8) is 0 Å². The average Bonchev–Trinajstić information content (AvgIpc) is 2.61. The zero-order chi connectivity index (χ0) is 18.8. The first-order chi connectivity index (χ1) is 12.4. The number of anilines is 1. The Morgan fingerprint density at radius 3 is 2.54 bits per heavy atom. The van der Waals surface area contributed by atoms with Crippen LogP contribution in [0, 0.1) is 5.82 Å². The maximum atomic E-state index is 13.2. The van der Waals surface area contributed by atoms with Crippen molar-refractivity contribution in [2.75, 3.05) is 24.5 Å². The van der Waals surface area contributed by atoms with E-state index in [0.29, 0.717) is 13.1 Å². The van der Waals surface area contributed by atoms with Gasteiger partial charge in [0.25, 0.3) is 5.91 Å². The minimum atomic E-state index is -0.502. The second-order valence-corrected chi connectivity index (χ2v) is 7.02. The fourth-order valence-electron chi connectivity index (χ4n) is 3.16. The minimum Gasteiger partial charge on any atom is -0.327 e. The largest absolute Gasteiger partial charge is 0.327 e. The molecule has 2 aromatic carbocycles. The average molecular weight is 375 g/mol. The van der Waals surface area contributed by atoms with Crippen LogP contribution in [0.5, 0.6) is 0 Å². The molecule has 2 aromatic rings. The highest BCUT2D eigenvalue weighted by Gasteiger charge is 2.30. The van der Waals surface area contributed by atoms with Crippen LogP contribution in [0.4, 0.5) is 10.1 Å². The molecule has 0 unspecified atom stereocenters. The number of hydrogen-bond donors (Lipinski definition) is 0. The normalized spacial score (nSPS) is 14.9. The summed E-state index contributed by atoms with van der Waals surface area (Å²) in [4.78, 5) is 28.5. The molecule has 1 aliphatic heterocycles. The Hall–Kier alpha value is -2.40. The molecule has 0 bridgehead atoms. The third kappa shape index (κ3) is 3.58. The number of amides is 2. The fraction of sp³-hybridized carbons (Fsp3) is 0.300. The number of nitrogens with zero attached hydrogens (tertiary/aromatic N) is 2. The van der Waals surface area contributed by atoms with Crippen molar-refractivity contribution in [3.05, 3.63) is 64.4 Å². The van der Waals surface area contributed by atoms with E-state index in [-0.39, 0.29) is 34.9 Å². The number of carbonyl (C=O) groups is 2. The lowest BCUT2D eigenvalue weighted by atomic mass is 10.00. The quantitative estimate of drug-likeness (QED) is 0.811. The molecule has 4 nitrogen and oxygen atoms in total. The van der Waals surface area contributed by atoms with Crippen LogP contribution in [-0.4, -0.2) is 36.3 Å². The standard InChI is InChI=1S/C20H20ClFN2O2/c1-13(2)15-5-3-4-6-18(15)24-10-9-23(12-19(24)25)20(26)16-8-7-14(22)11-17(16)21/h3-8,11,13H,9-10,12H2,1-2H3. The summed E-state index contributed by atoms with van der Waals surface area (Å²) < 4.78 is 13.2. The smallest absolute Gasteiger partial charge is 0.255 e. The lowest BCUT2D eigenvalue weighted by molar-refractivity contribution is -0.120. The zero-order valence-corrected chi connectivity index (χ0v) is 15.5. The van der Waals surface area contributed by atoms with Crippen molar-refractivity contribution in [1.29, 1.82) is 0 Å². The summed E-state index contributed by atoms with van der Waals surface area (Å²) in [7, 11) is 0. The van der Waals surface area contributed by atoms with Crippen molar-refractivity contribution in [2.45, 2.75) is 19.8 Å². The first-order valence-corrected chi connectivity index (χ1v) is 8.90. The molecule has 1 saturated heterocycles. The third-order valence-corrected chi connectivity index (χ3v) is 4.83. The lowest BCUT2D eigenvalue weighted by Gasteiger charge is -2.35. The molecule has 0 radical (unpaired) electrons.